The van der Waals surface area contributed by atoms with E-state index >= 15 is 0 Å². The smallest absolute Gasteiger partial charge is 0.400 e. The van der Waals surface area contributed by atoms with Crippen molar-refractivity contribution >= 4 is 23.7 Å². The SMILES string of the molecule is O=C(NN=Cc1ccc([N+](=O)[O-])o1)c1ccccc1[N+](=O)[O-]. The maximum Gasteiger partial charge on any atom is 0.433 e. The van der Waals surface area contributed by atoms with Crippen LogP contribution in [0.3, 0.4) is 0 Å². The number of nitrogens with one attached hydrogen (secondary N) is 1. The first-order valence-corrected chi connectivity index (χ1v) is 5.80. The van der Waals surface area contributed by atoms with E-state index in [1.54, 1.807) is 0 Å². The van der Waals surface area contributed by atoms with Gasteiger partial charge in [0.25, 0.3) is 11.6 Å². The molecule has 2 aromatic rings. The van der Waals surface area contributed by atoms with Gasteiger partial charge in [0.05, 0.1) is 17.2 Å². The molecule has 1 aromatic heterocycles. The first-order valence-electron chi connectivity index (χ1n) is 5.80. The molecule has 0 aliphatic heterocycles. The fraction of sp³-hybridized carbons (Fsp3) is 0. The van der Waals surface area contributed by atoms with Crippen LogP contribution >= 0.6 is 0 Å². The number of nitrogens with zero attached hydrogens (tertiary/aromatic N) is 3. The highest BCUT2D eigenvalue weighted by molar-refractivity contribution is 5.98. The third kappa shape index (κ3) is 3.30. The van der Waals surface area contributed by atoms with Crippen LogP contribution in [0, 0.1) is 20.2 Å². The van der Waals surface area contributed by atoms with Crippen molar-refractivity contribution in [3.63, 3.8) is 0 Å². The lowest BCUT2D eigenvalue weighted by molar-refractivity contribution is -0.402. The van der Waals surface area contributed by atoms with E-state index in [0.29, 0.717) is 0 Å². The van der Waals surface area contributed by atoms with Crippen molar-refractivity contribution in [2.45, 2.75) is 0 Å². The predicted molar refractivity (Wildman–Crippen MR) is 73.5 cm³/mol. The van der Waals surface area contributed by atoms with Gasteiger partial charge in [-0.2, -0.15) is 5.10 Å². The van der Waals surface area contributed by atoms with Crippen LogP contribution in [0.15, 0.2) is 45.9 Å². The highest BCUT2D eigenvalue weighted by atomic mass is 16.6. The maximum absolute atomic E-state index is 11.8. The van der Waals surface area contributed by atoms with Crippen LogP contribution in [0.25, 0.3) is 0 Å². The number of hydrogen-bond donors (Lipinski definition) is 1. The molecule has 10 nitrogen and oxygen atoms in total. The lowest BCUT2D eigenvalue weighted by Gasteiger charge is -2.00. The topological polar surface area (TPSA) is 141 Å². The molecule has 0 fully saturated rings. The molecule has 0 atom stereocenters. The van der Waals surface area contributed by atoms with Crippen LogP contribution < -0.4 is 5.43 Å². The molecular weight excluding hydrogens is 296 g/mol. The Kier molecular flexibility index (Phi) is 4.22. The molecule has 1 amide bonds. The summed E-state index contributed by atoms with van der Waals surface area (Å²) < 4.78 is 4.79. The second-order valence-electron chi connectivity index (χ2n) is 3.91. The minimum Gasteiger partial charge on any atom is -0.400 e. The number of rotatable bonds is 5. The molecule has 1 heterocycles. The zero-order valence-corrected chi connectivity index (χ0v) is 10.8. The summed E-state index contributed by atoms with van der Waals surface area (Å²) in [5.74, 6) is -1.20. The van der Waals surface area contributed by atoms with Gasteiger partial charge in [-0.3, -0.25) is 25.0 Å². The molecule has 10 heteroatoms. The van der Waals surface area contributed by atoms with Gasteiger partial charge in [-0.15, -0.1) is 0 Å². The van der Waals surface area contributed by atoms with Crippen molar-refractivity contribution in [2.75, 3.05) is 0 Å². The molecule has 0 bridgehead atoms. The lowest BCUT2D eigenvalue weighted by Crippen LogP contribution is -2.18. The minimum absolute atomic E-state index is 0.0505. The number of furan rings is 1. The first-order chi connectivity index (χ1) is 10.5. The van der Waals surface area contributed by atoms with Gasteiger partial charge < -0.3 is 4.42 Å². The largest absolute Gasteiger partial charge is 0.433 e. The van der Waals surface area contributed by atoms with Gasteiger partial charge in [-0.1, -0.05) is 12.1 Å². The van der Waals surface area contributed by atoms with E-state index in [0.717, 1.165) is 12.3 Å². The maximum atomic E-state index is 11.8. The molecular formula is C12H8N4O6. The summed E-state index contributed by atoms with van der Waals surface area (Å²) in [6.45, 7) is 0. The Morgan fingerprint density at radius 1 is 1.14 bits per heavy atom. The third-order valence-electron chi connectivity index (χ3n) is 2.50. The molecule has 1 aromatic carbocycles. The standard InChI is InChI=1S/C12H8N4O6/c17-12(9-3-1-2-4-10(9)15(18)19)14-13-7-8-5-6-11(22-8)16(20)21/h1-7H,(H,14,17). The summed E-state index contributed by atoms with van der Waals surface area (Å²) >= 11 is 0. The van der Waals surface area contributed by atoms with Crippen molar-refractivity contribution in [2.24, 2.45) is 5.10 Å². The fourth-order valence-corrected chi connectivity index (χ4v) is 1.55. The summed E-state index contributed by atoms with van der Waals surface area (Å²) in [5.41, 5.74) is 1.56. The summed E-state index contributed by atoms with van der Waals surface area (Å²) in [4.78, 5) is 31.6. The molecule has 0 saturated heterocycles. The van der Waals surface area contributed by atoms with Gasteiger partial charge in [0.2, 0.25) is 0 Å². The van der Waals surface area contributed by atoms with E-state index < -0.39 is 21.6 Å². The molecule has 0 aliphatic carbocycles. The molecule has 0 aliphatic rings. The van der Waals surface area contributed by atoms with Gasteiger partial charge in [-0.25, -0.2) is 5.43 Å². The Hall–Kier alpha value is -3.56. The molecule has 0 spiro atoms. The minimum atomic E-state index is -0.787. The van der Waals surface area contributed by atoms with Gasteiger partial charge in [0.1, 0.15) is 10.5 Å². The average Bonchev–Trinajstić information content (AvgIpc) is 2.96. The third-order valence-corrected chi connectivity index (χ3v) is 2.50. The van der Waals surface area contributed by atoms with E-state index in [2.05, 4.69) is 10.5 Å². The number of hydrazone groups is 1. The van der Waals surface area contributed by atoms with Crippen LogP contribution in [0.1, 0.15) is 16.1 Å². The van der Waals surface area contributed by atoms with Crippen LogP contribution in [0.4, 0.5) is 11.6 Å². The van der Waals surface area contributed by atoms with Crippen molar-refractivity contribution in [3.8, 4) is 0 Å². The fourth-order valence-electron chi connectivity index (χ4n) is 1.55. The Labute approximate surface area is 122 Å². The molecule has 22 heavy (non-hydrogen) atoms. The van der Waals surface area contributed by atoms with Crippen molar-refractivity contribution in [1.29, 1.82) is 0 Å². The van der Waals surface area contributed by atoms with Gasteiger partial charge in [-0.05, 0) is 12.1 Å². The Morgan fingerprint density at radius 3 is 2.50 bits per heavy atom. The molecule has 0 saturated carbocycles. The summed E-state index contributed by atoms with van der Waals surface area (Å²) in [6, 6.07) is 7.79. The van der Waals surface area contributed by atoms with Crippen molar-refractivity contribution in [1.82, 2.24) is 5.43 Å². The van der Waals surface area contributed by atoms with E-state index in [1.807, 2.05) is 0 Å². The normalized spacial score (nSPS) is 10.5. The van der Waals surface area contributed by atoms with E-state index in [9.17, 15) is 25.0 Å². The molecule has 0 radical (unpaired) electrons. The van der Waals surface area contributed by atoms with E-state index in [4.69, 9.17) is 4.42 Å². The first kappa shape index (κ1) is 14.8. The molecule has 2 rings (SSSR count). The van der Waals surface area contributed by atoms with Gasteiger partial charge >= 0.3 is 5.88 Å². The number of hydrogen-bond acceptors (Lipinski definition) is 7. The Morgan fingerprint density at radius 2 is 1.86 bits per heavy atom. The van der Waals surface area contributed by atoms with Crippen molar-refractivity contribution in [3.05, 3.63) is 68.0 Å². The van der Waals surface area contributed by atoms with E-state index in [1.165, 1.54) is 30.3 Å². The quantitative estimate of drug-likeness (QED) is 0.507. The Bertz CT molecular complexity index is 766. The summed E-state index contributed by atoms with van der Waals surface area (Å²) in [5, 5.41) is 24.7. The molecule has 112 valence electrons. The van der Waals surface area contributed by atoms with Gasteiger partial charge in [0, 0.05) is 6.07 Å². The molecule has 1 N–H and O–H groups in total. The predicted octanol–water partition coefficient (Wildman–Crippen LogP) is 1.86. The summed E-state index contributed by atoms with van der Waals surface area (Å²) in [7, 11) is 0. The van der Waals surface area contributed by atoms with E-state index in [-0.39, 0.29) is 17.0 Å². The number of nitro benzene ring substituents is 1. The lowest BCUT2D eigenvalue weighted by atomic mass is 10.2. The highest BCUT2D eigenvalue weighted by Crippen LogP contribution is 2.17. The monoisotopic (exact) mass is 304 g/mol. The van der Waals surface area contributed by atoms with Crippen LogP contribution in [-0.2, 0) is 0 Å². The number of carbonyl (C=O) groups is 1. The molecule has 0 unspecified atom stereocenters. The zero-order chi connectivity index (χ0) is 16.1. The number of amides is 1. The number of carbonyl (C=O) groups excluding carboxylic acids is 1. The zero-order valence-electron chi connectivity index (χ0n) is 10.8. The highest BCUT2D eigenvalue weighted by Gasteiger charge is 2.18. The Balaban J connectivity index is 2.08. The van der Waals surface area contributed by atoms with Crippen molar-refractivity contribution < 1.29 is 19.1 Å². The number of nitro groups is 2. The number of benzene rings is 1. The van der Waals surface area contributed by atoms with Crippen LogP contribution in [0.2, 0.25) is 0 Å². The van der Waals surface area contributed by atoms with Crippen LogP contribution in [-0.4, -0.2) is 22.0 Å². The average molecular weight is 304 g/mol. The second kappa shape index (κ2) is 6.26. The van der Waals surface area contributed by atoms with Gasteiger partial charge in [0.15, 0.2) is 5.76 Å². The second-order valence-corrected chi connectivity index (χ2v) is 3.91. The number of para-hydroxylation sites is 1. The summed E-state index contributed by atoms with van der Waals surface area (Å²) in [6.07, 6.45) is 1.04. The van der Waals surface area contributed by atoms with Crippen LogP contribution in [0.5, 0.6) is 0 Å².